The van der Waals surface area contributed by atoms with E-state index in [1.165, 1.54) is 6.07 Å². The molecule has 1 rings (SSSR count). The van der Waals surface area contributed by atoms with Gasteiger partial charge in [-0.05, 0) is 34.9 Å². The van der Waals surface area contributed by atoms with Crippen molar-refractivity contribution < 1.29 is 9.13 Å². The second-order valence-electron chi connectivity index (χ2n) is 5.17. The first kappa shape index (κ1) is 16.6. The van der Waals surface area contributed by atoms with Crippen molar-refractivity contribution in [2.24, 2.45) is 0 Å². The lowest BCUT2D eigenvalue weighted by Crippen LogP contribution is -2.40. The minimum atomic E-state index is -0.413. The summed E-state index contributed by atoms with van der Waals surface area (Å²) in [5.41, 5.74) is 7.25. The van der Waals surface area contributed by atoms with Gasteiger partial charge in [0.1, 0.15) is 0 Å². The Bertz CT molecular complexity index is 437. The molecule has 0 amide bonds. The molecule has 0 radical (unpaired) electrons. The molecule has 114 valence electrons. The number of hydrogen-bond acceptors (Lipinski definition) is 4. The summed E-state index contributed by atoms with van der Waals surface area (Å²) in [7, 11) is 4.06. The number of nitrogen functional groups attached to an aromatic ring is 1. The van der Waals surface area contributed by atoms with Crippen LogP contribution in [0.5, 0.6) is 5.75 Å². The van der Waals surface area contributed by atoms with Crippen molar-refractivity contribution in [3.63, 3.8) is 0 Å². The summed E-state index contributed by atoms with van der Waals surface area (Å²) in [6.45, 7) is 8.16. The molecule has 0 aliphatic rings. The lowest BCUT2D eigenvalue weighted by Gasteiger charge is -2.33. The van der Waals surface area contributed by atoms with Crippen LogP contribution in [0.2, 0.25) is 0 Å². The van der Waals surface area contributed by atoms with E-state index in [0.29, 0.717) is 12.3 Å². The largest absolute Gasteiger partial charge is 0.491 e. The van der Waals surface area contributed by atoms with Crippen LogP contribution in [0.3, 0.4) is 0 Å². The van der Waals surface area contributed by atoms with Crippen LogP contribution in [0.15, 0.2) is 12.1 Å². The van der Waals surface area contributed by atoms with Gasteiger partial charge in [0.15, 0.2) is 11.6 Å². The zero-order valence-corrected chi connectivity index (χ0v) is 13.1. The van der Waals surface area contributed by atoms with E-state index >= 15 is 0 Å². The lowest BCUT2D eigenvalue weighted by atomic mass is 10.1. The van der Waals surface area contributed by atoms with E-state index in [1.807, 2.05) is 21.0 Å². The second-order valence-corrected chi connectivity index (χ2v) is 5.17. The van der Waals surface area contributed by atoms with Crippen LogP contribution in [-0.4, -0.2) is 44.7 Å². The number of nitrogens with zero attached hydrogens (tertiary/aromatic N) is 2. The van der Waals surface area contributed by atoms with Gasteiger partial charge in [-0.1, -0.05) is 0 Å². The fourth-order valence-corrected chi connectivity index (χ4v) is 2.42. The van der Waals surface area contributed by atoms with Crippen molar-refractivity contribution >= 4 is 11.4 Å². The number of nitrogens with two attached hydrogens (primary N) is 1. The molecule has 0 heterocycles. The van der Waals surface area contributed by atoms with Crippen molar-refractivity contribution in [3.8, 4) is 5.75 Å². The number of halogens is 1. The molecule has 1 aromatic carbocycles. The summed E-state index contributed by atoms with van der Waals surface area (Å²) in [6, 6.07) is 3.31. The summed E-state index contributed by atoms with van der Waals surface area (Å²) < 4.78 is 19.1. The van der Waals surface area contributed by atoms with Gasteiger partial charge in [0, 0.05) is 31.3 Å². The van der Waals surface area contributed by atoms with Crippen LogP contribution >= 0.6 is 0 Å². The Balaban J connectivity index is 3.10. The summed E-state index contributed by atoms with van der Waals surface area (Å²) in [5, 5.41) is 0. The minimum absolute atomic E-state index is 0.257. The maximum Gasteiger partial charge on any atom is 0.167 e. The Kier molecular flexibility index (Phi) is 6.07. The molecule has 4 nitrogen and oxygen atoms in total. The number of ether oxygens (including phenoxy) is 1. The van der Waals surface area contributed by atoms with Crippen LogP contribution in [0.25, 0.3) is 0 Å². The third kappa shape index (κ3) is 4.00. The molecule has 0 saturated carbocycles. The average Bonchev–Trinajstić information content (AvgIpc) is 2.34. The Labute approximate surface area is 121 Å². The molecule has 0 bridgehead atoms. The van der Waals surface area contributed by atoms with Gasteiger partial charge >= 0.3 is 0 Å². The first-order valence-corrected chi connectivity index (χ1v) is 7.03. The van der Waals surface area contributed by atoms with E-state index in [-0.39, 0.29) is 11.8 Å². The molecule has 0 aromatic heterocycles. The van der Waals surface area contributed by atoms with Gasteiger partial charge in [-0.3, -0.25) is 0 Å². The SMILES string of the molecule is CCOc1cc(N(CC)C(C)CN(C)C)c(N)cc1F. The second kappa shape index (κ2) is 7.33. The molecule has 0 aliphatic carbocycles. The van der Waals surface area contributed by atoms with E-state index in [2.05, 4.69) is 23.6 Å². The summed E-state index contributed by atoms with van der Waals surface area (Å²) in [5.74, 6) is -0.156. The molecule has 0 saturated heterocycles. The van der Waals surface area contributed by atoms with E-state index in [4.69, 9.17) is 10.5 Å². The van der Waals surface area contributed by atoms with E-state index in [9.17, 15) is 4.39 Å². The van der Waals surface area contributed by atoms with Crippen molar-refractivity contribution in [2.45, 2.75) is 26.8 Å². The first-order chi connectivity index (χ1) is 9.40. The molecule has 1 aromatic rings. The molecular formula is C15H26FN3O. The number of hydrogen-bond donors (Lipinski definition) is 1. The lowest BCUT2D eigenvalue weighted by molar-refractivity contribution is 0.321. The zero-order chi connectivity index (χ0) is 15.3. The monoisotopic (exact) mass is 283 g/mol. The normalized spacial score (nSPS) is 12.6. The van der Waals surface area contributed by atoms with Crippen molar-refractivity contribution in [2.75, 3.05) is 44.4 Å². The fraction of sp³-hybridized carbons (Fsp3) is 0.600. The molecule has 0 spiro atoms. The van der Waals surface area contributed by atoms with Crippen molar-refractivity contribution in [1.82, 2.24) is 4.90 Å². The molecule has 0 fully saturated rings. The maximum atomic E-state index is 13.8. The van der Waals surface area contributed by atoms with Gasteiger partial charge in [-0.15, -0.1) is 0 Å². The molecular weight excluding hydrogens is 257 g/mol. The molecule has 2 N–H and O–H groups in total. The predicted molar refractivity (Wildman–Crippen MR) is 83.0 cm³/mol. The van der Waals surface area contributed by atoms with Gasteiger partial charge < -0.3 is 20.3 Å². The quantitative estimate of drug-likeness (QED) is 0.781. The zero-order valence-electron chi connectivity index (χ0n) is 13.1. The average molecular weight is 283 g/mol. The first-order valence-electron chi connectivity index (χ1n) is 7.03. The van der Waals surface area contributed by atoms with Crippen LogP contribution in [0, 0.1) is 5.82 Å². The van der Waals surface area contributed by atoms with Gasteiger partial charge in [-0.25, -0.2) is 4.39 Å². The highest BCUT2D eigenvalue weighted by Crippen LogP contribution is 2.32. The Hall–Kier alpha value is -1.49. The van der Waals surface area contributed by atoms with E-state index in [1.54, 1.807) is 6.07 Å². The molecule has 20 heavy (non-hydrogen) atoms. The Morgan fingerprint density at radius 2 is 1.95 bits per heavy atom. The Morgan fingerprint density at radius 3 is 2.45 bits per heavy atom. The van der Waals surface area contributed by atoms with Crippen molar-refractivity contribution in [3.05, 3.63) is 17.9 Å². The van der Waals surface area contributed by atoms with Gasteiger partial charge in [0.25, 0.3) is 0 Å². The maximum absolute atomic E-state index is 13.8. The standard InChI is InChI=1S/C15H26FN3O/c1-6-19(11(3)10-18(4)5)14-9-15(20-7-2)12(16)8-13(14)17/h8-9,11H,6-7,10,17H2,1-5H3. The van der Waals surface area contributed by atoms with Gasteiger partial charge in [-0.2, -0.15) is 0 Å². The highest BCUT2D eigenvalue weighted by molar-refractivity contribution is 5.70. The van der Waals surface area contributed by atoms with Crippen LogP contribution in [-0.2, 0) is 0 Å². The molecule has 1 atom stereocenters. The third-order valence-electron chi connectivity index (χ3n) is 3.19. The Morgan fingerprint density at radius 1 is 1.30 bits per heavy atom. The number of likely N-dealkylation sites (N-methyl/N-ethyl adjacent to an activating group) is 2. The van der Waals surface area contributed by atoms with Crippen molar-refractivity contribution in [1.29, 1.82) is 0 Å². The fourth-order valence-electron chi connectivity index (χ4n) is 2.42. The van der Waals surface area contributed by atoms with Gasteiger partial charge in [0.05, 0.1) is 18.0 Å². The molecule has 0 aliphatic heterocycles. The highest BCUT2D eigenvalue weighted by atomic mass is 19.1. The topological polar surface area (TPSA) is 41.7 Å². The highest BCUT2D eigenvalue weighted by Gasteiger charge is 2.18. The van der Waals surface area contributed by atoms with E-state index < -0.39 is 5.82 Å². The molecule has 1 unspecified atom stereocenters. The molecule has 5 heteroatoms. The van der Waals surface area contributed by atoms with Crippen LogP contribution in [0.4, 0.5) is 15.8 Å². The minimum Gasteiger partial charge on any atom is -0.491 e. The number of benzene rings is 1. The predicted octanol–water partition coefficient (Wildman–Crippen LogP) is 2.58. The van der Waals surface area contributed by atoms with Gasteiger partial charge in [0.2, 0.25) is 0 Å². The van der Waals surface area contributed by atoms with Crippen LogP contribution < -0.4 is 15.4 Å². The third-order valence-corrected chi connectivity index (χ3v) is 3.19. The number of anilines is 2. The van der Waals surface area contributed by atoms with Crippen LogP contribution in [0.1, 0.15) is 20.8 Å². The summed E-state index contributed by atoms with van der Waals surface area (Å²) in [4.78, 5) is 4.29. The smallest absolute Gasteiger partial charge is 0.167 e. The number of rotatable bonds is 7. The summed E-state index contributed by atoms with van der Waals surface area (Å²) in [6.07, 6.45) is 0. The van der Waals surface area contributed by atoms with E-state index in [0.717, 1.165) is 18.8 Å². The summed E-state index contributed by atoms with van der Waals surface area (Å²) >= 11 is 0.